The van der Waals surface area contributed by atoms with Gasteiger partial charge in [0.2, 0.25) is 0 Å². The number of carbonyl (C=O) groups excluding carboxylic acids is 1. The van der Waals surface area contributed by atoms with E-state index < -0.39 is 0 Å². The zero-order valence-electron chi connectivity index (χ0n) is 11.8. The van der Waals surface area contributed by atoms with Gasteiger partial charge in [-0.25, -0.2) is 0 Å². The molecule has 1 saturated heterocycles. The van der Waals surface area contributed by atoms with Crippen molar-refractivity contribution in [3.8, 4) is 5.75 Å². The van der Waals surface area contributed by atoms with Crippen LogP contribution in [0, 0.1) is 0 Å². The topological polar surface area (TPSA) is 38.8 Å². The van der Waals surface area contributed by atoms with Crippen LogP contribution in [0.25, 0.3) is 0 Å². The molecule has 1 aromatic carbocycles. The Hall–Kier alpha value is -1.39. The second-order valence-electron chi connectivity index (χ2n) is 5.44. The van der Waals surface area contributed by atoms with E-state index in [1.54, 1.807) is 13.2 Å². The summed E-state index contributed by atoms with van der Waals surface area (Å²) in [6.07, 6.45) is 0. The van der Waals surface area contributed by atoms with Gasteiger partial charge >= 0.3 is 0 Å². The maximum Gasteiger partial charge on any atom is 0.176 e. The van der Waals surface area contributed by atoms with E-state index in [4.69, 9.17) is 9.47 Å². The summed E-state index contributed by atoms with van der Waals surface area (Å²) in [6.45, 7) is 6.77. The average molecular weight is 263 g/mol. The van der Waals surface area contributed by atoms with Crippen molar-refractivity contribution >= 4 is 5.78 Å². The molecular formula is C15H21NO3. The zero-order chi connectivity index (χ0) is 13.9. The maximum absolute atomic E-state index is 12.3. The molecule has 2 rings (SSSR count). The highest BCUT2D eigenvalue weighted by Crippen LogP contribution is 2.20. The van der Waals surface area contributed by atoms with Crippen molar-refractivity contribution in [2.75, 3.05) is 33.4 Å². The van der Waals surface area contributed by atoms with Gasteiger partial charge in [0.25, 0.3) is 0 Å². The van der Waals surface area contributed by atoms with Gasteiger partial charge in [-0.2, -0.15) is 0 Å². The first-order valence-electron chi connectivity index (χ1n) is 6.53. The number of hydrogen-bond donors (Lipinski definition) is 0. The van der Waals surface area contributed by atoms with Gasteiger partial charge in [0.05, 0.1) is 26.9 Å². The van der Waals surface area contributed by atoms with E-state index in [0.29, 0.717) is 31.1 Å². The lowest BCUT2D eigenvalue weighted by Crippen LogP contribution is -2.54. The quantitative estimate of drug-likeness (QED) is 0.779. The summed E-state index contributed by atoms with van der Waals surface area (Å²) < 4.78 is 10.6. The van der Waals surface area contributed by atoms with E-state index in [0.717, 1.165) is 6.54 Å². The summed E-state index contributed by atoms with van der Waals surface area (Å²) in [7, 11) is 1.61. The minimum absolute atomic E-state index is 0.0905. The lowest BCUT2D eigenvalue weighted by atomic mass is 10.0. The number of morpholine rings is 1. The summed E-state index contributed by atoms with van der Waals surface area (Å²) >= 11 is 0. The second kappa shape index (κ2) is 5.72. The molecule has 0 aliphatic carbocycles. The highest BCUT2D eigenvalue weighted by molar-refractivity contribution is 5.98. The fraction of sp³-hybridized carbons (Fsp3) is 0.533. The van der Waals surface area contributed by atoms with Gasteiger partial charge in [0.15, 0.2) is 5.78 Å². The highest BCUT2D eigenvalue weighted by atomic mass is 16.5. The summed E-state index contributed by atoms with van der Waals surface area (Å²) in [4.78, 5) is 14.5. The SMILES string of the molecule is COc1cccc(C(=O)CN2CCOCC2(C)C)c1. The van der Waals surface area contributed by atoms with Gasteiger partial charge < -0.3 is 9.47 Å². The summed E-state index contributed by atoms with van der Waals surface area (Å²) in [5, 5.41) is 0. The lowest BCUT2D eigenvalue weighted by Gasteiger charge is -2.41. The van der Waals surface area contributed by atoms with Crippen LogP contribution >= 0.6 is 0 Å². The van der Waals surface area contributed by atoms with Gasteiger partial charge in [0.1, 0.15) is 5.75 Å². The van der Waals surface area contributed by atoms with Crippen LogP contribution in [0.15, 0.2) is 24.3 Å². The third-order valence-corrected chi connectivity index (χ3v) is 3.54. The van der Waals surface area contributed by atoms with Crippen LogP contribution < -0.4 is 4.74 Å². The van der Waals surface area contributed by atoms with Gasteiger partial charge in [-0.05, 0) is 26.0 Å². The van der Waals surface area contributed by atoms with Crippen molar-refractivity contribution in [2.45, 2.75) is 19.4 Å². The molecule has 0 aromatic heterocycles. The van der Waals surface area contributed by atoms with Gasteiger partial charge in [0, 0.05) is 17.6 Å². The van der Waals surface area contributed by atoms with Crippen molar-refractivity contribution in [2.24, 2.45) is 0 Å². The summed E-state index contributed by atoms with van der Waals surface area (Å²) in [6, 6.07) is 7.31. The predicted molar refractivity (Wildman–Crippen MR) is 73.8 cm³/mol. The standard InChI is InChI=1S/C15H21NO3/c1-15(2)11-19-8-7-16(15)10-14(17)12-5-4-6-13(9-12)18-3/h4-6,9H,7-8,10-11H2,1-3H3. The van der Waals surface area contributed by atoms with Crippen molar-refractivity contribution in [1.29, 1.82) is 0 Å². The molecule has 0 bridgehead atoms. The molecule has 0 spiro atoms. The largest absolute Gasteiger partial charge is 0.497 e. The number of methoxy groups -OCH3 is 1. The molecule has 1 aromatic rings. The number of nitrogens with zero attached hydrogens (tertiary/aromatic N) is 1. The number of rotatable bonds is 4. The van der Waals surface area contributed by atoms with Crippen LogP contribution in [0.4, 0.5) is 0 Å². The van der Waals surface area contributed by atoms with Gasteiger partial charge in [-0.1, -0.05) is 12.1 Å². The van der Waals surface area contributed by atoms with E-state index >= 15 is 0 Å². The Morgan fingerprint density at radius 1 is 1.47 bits per heavy atom. The Balaban J connectivity index is 2.07. The van der Waals surface area contributed by atoms with Crippen molar-refractivity contribution in [3.05, 3.63) is 29.8 Å². The lowest BCUT2D eigenvalue weighted by molar-refractivity contribution is -0.0467. The summed E-state index contributed by atoms with van der Waals surface area (Å²) in [5.74, 6) is 0.834. The first kappa shape index (κ1) is 14.0. The van der Waals surface area contributed by atoms with E-state index in [1.165, 1.54) is 0 Å². The second-order valence-corrected chi connectivity index (χ2v) is 5.44. The Bertz CT molecular complexity index is 456. The van der Waals surface area contributed by atoms with Crippen LogP contribution in [-0.2, 0) is 4.74 Å². The van der Waals surface area contributed by atoms with E-state index in [9.17, 15) is 4.79 Å². The maximum atomic E-state index is 12.3. The molecule has 1 aliphatic heterocycles. The number of hydrogen-bond acceptors (Lipinski definition) is 4. The van der Waals surface area contributed by atoms with Crippen LogP contribution in [0.3, 0.4) is 0 Å². The minimum Gasteiger partial charge on any atom is -0.497 e. The van der Waals surface area contributed by atoms with Crippen LogP contribution in [0.2, 0.25) is 0 Å². The Labute approximate surface area is 114 Å². The first-order valence-corrected chi connectivity index (χ1v) is 6.53. The Morgan fingerprint density at radius 3 is 2.95 bits per heavy atom. The number of benzene rings is 1. The monoisotopic (exact) mass is 263 g/mol. The zero-order valence-corrected chi connectivity index (χ0v) is 11.8. The smallest absolute Gasteiger partial charge is 0.176 e. The molecule has 104 valence electrons. The Morgan fingerprint density at radius 2 is 2.26 bits per heavy atom. The molecule has 4 nitrogen and oxygen atoms in total. The van der Waals surface area contributed by atoms with Crippen molar-refractivity contribution < 1.29 is 14.3 Å². The number of ketones is 1. The molecule has 0 amide bonds. The van der Waals surface area contributed by atoms with E-state index in [-0.39, 0.29) is 11.3 Å². The van der Waals surface area contributed by atoms with Gasteiger partial charge in [-0.3, -0.25) is 9.69 Å². The molecule has 0 N–H and O–H groups in total. The van der Waals surface area contributed by atoms with Crippen molar-refractivity contribution in [1.82, 2.24) is 4.90 Å². The molecule has 0 saturated carbocycles. The number of ether oxygens (including phenoxy) is 2. The van der Waals surface area contributed by atoms with Crippen LogP contribution in [-0.4, -0.2) is 49.6 Å². The molecule has 0 unspecified atom stereocenters. The average Bonchev–Trinajstić information content (AvgIpc) is 2.41. The number of carbonyl (C=O) groups is 1. The number of Topliss-reactive ketones (excluding diaryl/α,β-unsaturated/α-hetero) is 1. The molecule has 0 atom stereocenters. The highest BCUT2D eigenvalue weighted by Gasteiger charge is 2.31. The minimum atomic E-state index is -0.0905. The molecule has 1 fully saturated rings. The van der Waals surface area contributed by atoms with Crippen LogP contribution in [0.1, 0.15) is 24.2 Å². The molecule has 19 heavy (non-hydrogen) atoms. The third-order valence-electron chi connectivity index (χ3n) is 3.54. The predicted octanol–water partition coefficient (Wildman–Crippen LogP) is 1.99. The van der Waals surface area contributed by atoms with Gasteiger partial charge in [-0.15, -0.1) is 0 Å². The fourth-order valence-electron chi connectivity index (χ4n) is 2.24. The Kier molecular flexibility index (Phi) is 4.22. The third kappa shape index (κ3) is 3.33. The molecule has 4 heteroatoms. The van der Waals surface area contributed by atoms with E-state index in [1.807, 2.05) is 18.2 Å². The van der Waals surface area contributed by atoms with E-state index in [2.05, 4.69) is 18.7 Å². The molecule has 0 radical (unpaired) electrons. The first-order chi connectivity index (χ1) is 9.03. The molecule has 1 aliphatic rings. The normalized spacial score (nSPS) is 19.1. The fourth-order valence-corrected chi connectivity index (χ4v) is 2.24. The van der Waals surface area contributed by atoms with Crippen LogP contribution in [0.5, 0.6) is 5.75 Å². The van der Waals surface area contributed by atoms with Crippen molar-refractivity contribution in [3.63, 3.8) is 0 Å². The summed E-state index contributed by atoms with van der Waals surface area (Å²) in [5.41, 5.74) is 0.605. The molecule has 1 heterocycles. The molecular weight excluding hydrogens is 242 g/mol.